The standard InChI is InChI=1S/C15H18N4O.ClH/c1-19(2)12-6-3-5-11(9-12)10-20-15-13(14(16)17)7-4-8-18-15;/h3-9H,10H2,1-2H3,(H3,16,17);1H. The van der Waals surface area contributed by atoms with Gasteiger partial charge in [0, 0.05) is 26.0 Å². The zero-order valence-corrected chi connectivity index (χ0v) is 12.9. The fraction of sp³-hybridized carbons (Fsp3) is 0.200. The molecule has 1 aromatic carbocycles. The molecule has 0 atom stereocenters. The lowest BCUT2D eigenvalue weighted by Crippen LogP contribution is -2.14. The van der Waals surface area contributed by atoms with Crippen molar-refractivity contribution in [1.82, 2.24) is 4.98 Å². The Morgan fingerprint density at radius 2 is 2.05 bits per heavy atom. The Morgan fingerprint density at radius 1 is 1.29 bits per heavy atom. The average molecular weight is 307 g/mol. The van der Waals surface area contributed by atoms with E-state index < -0.39 is 0 Å². The van der Waals surface area contributed by atoms with Crippen molar-refractivity contribution in [2.75, 3.05) is 19.0 Å². The fourth-order valence-electron chi connectivity index (χ4n) is 1.79. The first kappa shape index (κ1) is 16.8. The third kappa shape index (κ3) is 4.36. The Bertz CT molecular complexity index is 616. The van der Waals surface area contributed by atoms with Crippen molar-refractivity contribution in [2.45, 2.75) is 6.61 Å². The number of anilines is 1. The number of nitrogen functional groups attached to an aromatic ring is 1. The van der Waals surface area contributed by atoms with Crippen molar-refractivity contribution >= 4 is 23.9 Å². The Hall–Kier alpha value is -2.27. The predicted octanol–water partition coefficient (Wildman–Crippen LogP) is 2.43. The number of pyridine rings is 1. The molecule has 0 saturated heterocycles. The van der Waals surface area contributed by atoms with Crippen LogP contribution in [0.15, 0.2) is 42.6 Å². The van der Waals surface area contributed by atoms with E-state index in [4.69, 9.17) is 15.9 Å². The van der Waals surface area contributed by atoms with Crippen LogP contribution in [0.3, 0.4) is 0 Å². The van der Waals surface area contributed by atoms with Crippen molar-refractivity contribution in [2.24, 2.45) is 5.73 Å². The van der Waals surface area contributed by atoms with Crippen LogP contribution in [0.25, 0.3) is 0 Å². The first-order chi connectivity index (χ1) is 9.58. The van der Waals surface area contributed by atoms with Gasteiger partial charge in [-0.25, -0.2) is 4.98 Å². The molecule has 0 bridgehead atoms. The van der Waals surface area contributed by atoms with Gasteiger partial charge in [-0.3, -0.25) is 5.41 Å². The maximum atomic E-state index is 7.50. The molecule has 1 aromatic heterocycles. The van der Waals surface area contributed by atoms with Crippen molar-refractivity contribution in [3.63, 3.8) is 0 Å². The van der Waals surface area contributed by atoms with Gasteiger partial charge < -0.3 is 15.4 Å². The number of rotatable bonds is 5. The second-order valence-electron chi connectivity index (χ2n) is 4.62. The molecule has 0 aliphatic rings. The second kappa shape index (κ2) is 7.50. The highest BCUT2D eigenvalue weighted by molar-refractivity contribution is 5.96. The van der Waals surface area contributed by atoms with E-state index in [0.29, 0.717) is 18.1 Å². The molecule has 0 spiro atoms. The summed E-state index contributed by atoms with van der Waals surface area (Å²) >= 11 is 0. The number of hydrogen-bond donors (Lipinski definition) is 2. The molecule has 21 heavy (non-hydrogen) atoms. The van der Waals surface area contributed by atoms with E-state index in [9.17, 15) is 0 Å². The van der Waals surface area contributed by atoms with Crippen LogP contribution in [0, 0.1) is 5.41 Å². The SMILES string of the molecule is CN(C)c1cccc(COc2ncccc2C(=N)N)c1.Cl. The lowest BCUT2D eigenvalue weighted by Gasteiger charge is -2.14. The lowest BCUT2D eigenvalue weighted by molar-refractivity contribution is 0.293. The Morgan fingerprint density at radius 3 is 2.71 bits per heavy atom. The van der Waals surface area contributed by atoms with Crippen LogP contribution in [0.5, 0.6) is 5.88 Å². The van der Waals surface area contributed by atoms with Gasteiger partial charge in [0.25, 0.3) is 0 Å². The summed E-state index contributed by atoms with van der Waals surface area (Å²) < 4.78 is 5.67. The zero-order valence-electron chi connectivity index (χ0n) is 12.0. The van der Waals surface area contributed by atoms with Crippen molar-refractivity contribution in [1.29, 1.82) is 5.41 Å². The predicted molar refractivity (Wildman–Crippen MR) is 87.6 cm³/mol. The molecule has 1 heterocycles. The van der Waals surface area contributed by atoms with Crippen LogP contribution < -0.4 is 15.4 Å². The Balaban J connectivity index is 0.00000220. The van der Waals surface area contributed by atoms with E-state index in [2.05, 4.69) is 11.1 Å². The van der Waals surface area contributed by atoms with Crippen LogP contribution in [-0.4, -0.2) is 24.9 Å². The van der Waals surface area contributed by atoms with E-state index in [1.165, 1.54) is 0 Å². The Kier molecular flexibility index (Phi) is 5.99. The van der Waals surface area contributed by atoms with Gasteiger partial charge in [0.05, 0.1) is 5.56 Å². The largest absolute Gasteiger partial charge is 0.472 e. The molecule has 0 radical (unpaired) electrons. The van der Waals surface area contributed by atoms with Crippen molar-refractivity contribution in [3.05, 3.63) is 53.7 Å². The van der Waals surface area contributed by atoms with Gasteiger partial charge in [0.2, 0.25) is 5.88 Å². The monoisotopic (exact) mass is 306 g/mol. The lowest BCUT2D eigenvalue weighted by atomic mass is 10.2. The normalized spacial score (nSPS) is 9.62. The number of halogens is 1. The number of nitrogens with two attached hydrogens (primary N) is 1. The number of ether oxygens (including phenoxy) is 1. The molecule has 0 aliphatic heterocycles. The van der Waals surface area contributed by atoms with Crippen LogP contribution in [0.2, 0.25) is 0 Å². The van der Waals surface area contributed by atoms with Gasteiger partial charge in [0.1, 0.15) is 12.4 Å². The molecule has 6 heteroatoms. The van der Waals surface area contributed by atoms with E-state index >= 15 is 0 Å². The number of benzene rings is 1. The molecular formula is C15H19ClN4O. The highest BCUT2D eigenvalue weighted by Gasteiger charge is 2.07. The van der Waals surface area contributed by atoms with E-state index in [-0.39, 0.29) is 18.2 Å². The quantitative estimate of drug-likeness (QED) is 0.657. The van der Waals surface area contributed by atoms with Crippen LogP contribution in [0.4, 0.5) is 5.69 Å². The van der Waals surface area contributed by atoms with Gasteiger partial charge in [-0.05, 0) is 29.8 Å². The van der Waals surface area contributed by atoms with Gasteiger partial charge in [0.15, 0.2) is 0 Å². The number of aromatic nitrogens is 1. The maximum absolute atomic E-state index is 7.50. The third-order valence-corrected chi connectivity index (χ3v) is 2.86. The molecule has 3 N–H and O–H groups in total. The molecule has 0 fully saturated rings. The van der Waals surface area contributed by atoms with Crippen molar-refractivity contribution in [3.8, 4) is 5.88 Å². The minimum atomic E-state index is -0.0462. The average Bonchev–Trinajstić information content (AvgIpc) is 2.45. The minimum absolute atomic E-state index is 0. The molecular weight excluding hydrogens is 288 g/mol. The Labute approximate surface area is 130 Å². The van der Waals surface area contributed by atoms with E-state index in [1.807, 2.05) is 37.2 Å². The molecule has 2 rings (SSSR count). The highest BCUT2D eigenvalue weighted by atomic mass is 35.5. The topological polar surface area (TPSA) is 75.2 Å². The first-order valence-corrected chi connectivity index (χ1v) is 6.26. The summed E-state index contributed by atoms with van der Waals surface area (Å²) in [5.41, 5.74) is 8.16. The molecule has 112 valence electrons. The molecule has 0 amide bonds. The van der Waals surface area contributed by atoms with Crippen LogP contribution in [-0.2, 0) is 6.61 Å². The van der Waals surface area contributed by atoms with Crippen LogP contribution in [0.1, 0.15) is 11.1 Å². The summed E-state index contributed by atoms with van der Waals surface area (Å²) in [4.78, 5) is 6.15. The summed E-state index contributed by atoms with van der Waals surface area (Å²) in [6.45, 7) is 0.388. The third-order valence-electron chi connectivity index (χ3n) is 2.86. The highest BCUT2D eigenvalue weighted by Crippen LogP contribution is 2.18. The number of amidine groups is 1. The van der Waals surface area contributed by atoms with Crippen LogP contribution >= 0.6 is 12.4 Å². The molecule has 2 aromatic rings. The number of nitrogens with one attached hydrogen (secondary N) is 1. The summed E-state index contributed by atoms with van der Waals surface area (Å²) in [5.74, 6) is 0.338. The number of hydrogen-bond acceptors (Lipinski definition) is 4. The minimum Gasteiger partial charge on any atom is -0.472 e. The maximum Gasteiger partial charge on any atom is 0.224 e. The van der Waals surface area contributed by atoms with Gasteiger partial charge in [-0.15, -0.1) is 12.4 Å². The summed E-state index contributed by atoms with van der Waals surface area (Å²) in [6.07, 6.45) is 1.62. The van der Waals surface area contributed by atoms with Gasteiger partial charge in [-0.1, -0.05) is 12.1 Å². The van der Waals surface area contributed by atoms with Gasteiger partial charge in [-0.2, -0.15) is 0 Å². The first-order valence-electron chi connectivity index (χ1n) is 6.26. The van der Waals surface area contributed by atoms with Gasteiger partial charge >= 0.3 is 0 Å². The number of nitrogens with zero attached hydrogens (tertiary/aromatic N) is 2. The smallest absolute Gasteiger partial charge is 0.224 e. The molecule has 5 nitrogen and oxygen atoms in total. The molecule has 0 saturated carbocycles. The summed E-state index contributed by atoms with van der Waals surface area (Å²) in [7, 11) is 3.99. The second-order valence-corrected chi connectivity index (χ2v) is 4.62. The fourth-order valence-corrected chi connectivity index (χ4v) is 1.79. The van der Waals surface area contributed by atoms with E-state index in [1.54, 1.807) is 18.3 Å². The van der Waals surface area contributed by atoms with Crippen molar-refractivity contribution < 1.29 is 4.74 Å². The zero-order chi connectivity index (χ0) is 14.5. The molecule has 0 aliphatic carbocycles. The summed E-state index contributed by atoms with van der Waals surface area (Å²) in [6, 6.07) is 11.5. The summed E-state index contributed by atoms with van der Waals surface area (Å²) in [5, 5.41) is 7.50. The van der Waals surface area contributed by atoms with E-state index in [0.717, 1.165) is 11.3 Å². The molecule has 0 unspecified atom stereocenters.